The van der Waals surface area contributed by atoms with Crippen LogP contribution in [0.3, 0.4) is 0 Å². The van der Waals surface area contributed by atoms with Crippen molar-refractivity contribution in [2.24, 2.45) is 5.73 Å². The van der Waals surface area contributed by atoms with Crippen LogP contribution in [0.5, 0.6) is 0 Å². The van der Waals surface area contributed by atoms with Crippen LogP contribution in [0.2, 0.25) is 0 Å². The number of piperidine rings is 1. The Hall–Kier alpha value is -1.81. The number of anilines is 1. The highest BCUT2D eigenvalue weighted by molar-refractivity contribution is 5.63. The molecular formula is C17H24N4. The molecule has 1 aromatic carbocycles. The summed E-state index contributed by atoms with van der Waals surface area (Å²) in [5.41, 5.74) is 9.59. The van der Waals surface area contributed by atoms with Crippen molar-refractivity contribution in [2.75, 3.05) is 18.0 Å². The van der Waals surface area contributed by atoms with Gasteiger partial charge in [-0.05, 0) is 29.9 Å². The van der Waals surface area contributed by atoms with Gasteiger partial charge >= 0.3 is 0 Å². The Balaban J connectivity index is 1.75. The highest BCUT2D eigenvalue weighted by Crippen LogP contribution is 2.25. The van der Waals surface area contributed by atoms with Crippen molar-refractivity contribution in [3.63, 3.8) is 0 Å². The Bertz CT molecular complexity index is 577. The monoisotopic (exact) mass is 284 g/mol. The molecule has 4 nitrogen and oxygen atoms in total. The van der Waals surface area contributed by atoms with Crippen LogP contribution in [0.4, 0.5) is 5.82 Å². The summed E-state index contributed by atoms with van der Waals surface area (Å²) < 4.78 is 0. The van der Waals surface area contributed by atoms with Gasteiger partial charge in [-0.2, -0.15) is 5.10 Å². The lowest BCUT2D eigenvalue weighted by Gasteiger charge is -2.29. The van der Waals surface area contributed by atoms with Gasteiger partial charge in [0, 0.05) is 25.2 Å². The Morgan fingerprint density at radius 3 is 2.48 bits per heavy atom. The second kappa shape index (κ2) is 5.90. The molecule has 21 heavy (non-hydrogen) atoms. The number of aromatic amines is 1. The van der Waals surface area contributed by atoms with Gasteiger partial charge in [0.05, 0.1) is 5.69 Å². The Kier molecular flexibility index (Phi) is 3.97. The SMILES string of the molecule is CC(C)c1ccc(-c2cc(N3CCC(N)CC3)n[nH]2)cc1. The minimum atomic E-state index is 0.350. The van der Waals surface area contributed by atoms with Crippen LogP contribution in [-0.4, -0.2) is 29.3 Å². The van der Waals surface area contributed by atoms with Gasteiger partial charge in [-0.3, -0.25) is 5.10 Å². The normalized spacial score (nSPS) is 16.7. The fourth-order valence-corrected chi connectivity index (χ4v) is 2.80. The van der Waals surface area contributed by atoms with E-state index in [2.05, 4.69) is 59.3 Å². The molecule has 0 atom stereocenters. The number of nitrogens with two attached hydrogens (primary N) is 1. The summed E-state index contributed by atoms with van der Waals surface area (Å²) >= 11 is 0. The summed E-state index contributed by atoms with van der Waals surface area (Å²) in [4.78, 5) is 2.31. The zero-order valence-corrected chi connectivity index (χ0v) is 12.8. The minimum Gasteiger partial charge on any atom is -0.355 e. The van der Waals surface area contributed by atoms with Crippen molar-refractivity contribution in [3.8, 4) is 11.3 Å². The van der Waals surface area contributed by atoms with Gasteiger partial charge in [0.1, 0.15) is 0 Å². The molecule has 0 amide bonds. The molecule has 3 rings (SSSR count). The fraction of sp³-hybridized carbons (Fsp3) is 0.471. The highest BCUT2D eigenvalue weighted by atomic mass is 15.3. The zero-order chi connectivity index (χ0) is 14.8. The molecule has 1 fully saturated rings. The lowest BCUT2D eigenvalue weighted by atomic mass is 10.0. The Morgan fingerprint density at radius 1 is 1.19 bits per heavy atom. The lowest BCUT2D eigenvalue weighted by molar-refractivity contribution is 0.498. The van der Waals surface area contributed by atoms with Gasteiger partial charge in [-0.25, -0.2) is 0 Å². The number of nitrogens with one attached hydrogen (secondary N) is 1. The maximum Gasteiger partial charge on any atom is 0.150 e. The van der Waals surface area contributed by atoms with Crippen molar-refractivity contribution in [3.05, 3.63) is 35.9 Å². The average molecular weight is 284 g/mol. The number of H-pyrrole nitrogens is 1. The van der Waals surface area contributed by atoms with Crippen molar-refractivity contribution in [1.82, 2.24) is 10.2 Å². The van der Waals surface area contributed by atoms with Crippen LogP contribution in [0.1, 0.15) is 38.2 Å². The molecule has 4 heteroatoms. The van der Waals surface area contributed by atoms with Gasteiger partial charge in [0.15, 0.2) is 5.82 Å². The number of rotatable bonds is 3. The average Bonchev–Trinajstić information content (AvgIpc) is 2.98. The molecule has 1 aliphatic rings. The third-order valence-corrected chi connectivity index (χ3v) is 4.32. The zero-order valence-electron chi connectivity index (χ0n) is 12.8. The van der Waals surface area contributed by atoms with Crippen LogP contribution in [0.25, 0.3) is 11.3 Å². The quantitative estimate of drug-likeness (QED) is 0.910. The predicted octanol–water partition coefficient (Wildman–Crippen LogP) is 3.13. The first kappa shape index (κ1) is 14.1. The van der Waals surface area contributed by atoms with Crippen LogP contribution in [0.15, 0.2) is 30.3 Å². The lowest BCUT2D eigenvalue weighted by Crippen LogP contribution is -2.39. The van der Waals surface area contributed by atoms with E-state index in [4.69, 9.17) is 5.73 Å². The van der Waals surface area contributed by atoms with E-state index in [1.165, 1.54) is 11.1 Å². The summed E-state index contributed by atoms with van der Waals surface area (Å²) in [7, 11) is 0. The molecule has 0 saturated carbocycles. The van der Waals surface area contributed by atoms with E-state index in [0.717, 1.165) is 37.4 Å². The van der Waals surface area contributed by atoms with Crippen molar-refractivity contribution >= 4 is 5.82 Å². The first-order valence-electron chi connectivity index (χ1n) is 7.80. The molecule has 3 N–H and O–H groups in total. The van der Waals surface area contributed by atoms with Crippen molar-refractivity contribution < 1.29 is 0 Å². The maximum atomic E-state index is 5.95. The van der Waals surface area contributed by atoms with Crippen LogP contribution in [0, 0.1) is 0 Å². The van der Waals surface area contributed by atoms with E-state index in [1.807, 2.05) is 0 Å². The first-order chi connectivity index (χ1) is 10.1. The summed E-state index contributed by atoms with van der Waals surface area (Å²) in [5.74, 6) is 1.60. The third-order valence-electron chi connectivity index (χ3n) is 4.32. The van der Waals surface area contributed by atoms with E-state index in [1.54, 1.807) is 0 Å². The minimum absolute atomic E-state index is 0.350. The largest absolute Gasteiger partial charge is 0.355 e. The van der Waals surface area contributed by atoms with Crippen LogP contribution >= 0.6 is 0 Å². The molecule has 0 aliphatic carbocycles. The summed E-state index contributed by atoms with van der Waals surface area (Å²) in [6.07, 6.45) is 2.09. The predicted molar refractivity (Wildman–Crippen MR) is 87.5 cm³/mol. The van der Waals surface area contributed by atoms with Gasteiger partial charge in [0.2, 0.25) is 0 Å². The first-order valence-corrected chi connectivity index (χ1v) is 7.80. The van der Waals surface area contributed by atoms with Crippen LogP contribution < -0.4 is 10.6 Å². The van der Waals surface area contributed by atoms with Gasteiger partial charge < -0.3 is 10.6 Å². The van der Waals surface area contributed by atoms with E-state index in [9.17, 15) is 0 Å². The maximum absolute atomic E-state index is 5.95. The second-order valence-corrected chi connectivity index (χ2v) is 6.24. The van der Waals surface area contributed by atoms with Crippen LogP contribution in [-0.2, 0) is 0 Å². The molecule has 1 saturated heterocycles. The molecule has 0 spiro atoms. The smallest absolute Gasteiger partial charge is 0.150 e. The van der Waals surface area contributed by atoms with E-state index in [-0.39, 0.29) is 0 Å². The summed E-state index contributed by atoms with van der Waals surface area (Å²) in [6, 6.07) is 11.2. The summed E-state index contributed by atoms with van der Waals surface area (Å²) in [5, 5.41) is 7.62. The molecule has 0 bridgehead atoms. The number of aromatic nitrogens is 2. The standard InChI is InChI=1S/C17H24N4/c1-12(2)13-3-5-14(6-4-13)16-11-17(20-19-16)21-9-7-15(18)8-10-21/h3-6,11-12,15H,7-10,18H2,1-2H3,(H,19,20). The Morgan fingerprint density at radius 2 is 1.86 bits per heavy atom. The summed E-state index contributed by atoms with van der Waals surface area (Å²) in [6.45, 7) is 6.42. The van der Waals surface area contributed by atoms with Gasteiger partial charge in [0.25, 0.3) is 0 Å². The highest BCUT2D eigenvalue weighted by Gasteiger charge is 2.18. The molecule has 0 radical (unpaired) electrons. The molecular weight excluding hydrogens is 260 g/mol. The fourth-order valence-electron chi connectivity index (χ4n) is 2.80. The molecule has 1 aromatic heterocycles. The van der Waals surface area contributed by atoms with E-state index in [0.29, 0.717) is 12.0 Å². The van der Waals surface area contributed by atoms with Gasteiger partial charge in [-0.1, -0.05) is 38.1 Å². The third kappa shape index (κ3) is 3.10. The van der Waals surface area contributed by atoms with E-state index < -0.39 is 0 Å². The molecule has 0 unspecified atom stereocenters. The number of benzene rings is 1. The topological polar surface area (TPSA) is 57.9 Å². The molecule has 2 heterocycles. The molecule has 1 aliphatic heterocycles. The number of hydrogen-bond acceptors (Lipinski definition) is 3. The molecule has 112 valence electrons. The second-order valence-electron chi connectivity index (χ2n) is 6.24. The number of nitrogens with zero attached hydrogens (tertiary/aromatic N) is 2. The number of hydrogen-bond donors (Lipinski definition) is 2. The molecule has 2 aromatic rings. The Labute approximate surface area is 126 Å². The van der Waals surface area contributed by atoms with Crippen molar-refractivity contribution in [2.45, 2.75) is 38.6 Å². The van der Waals surface area contributed by atoms with Crippen molar-refractivity contribution in [1.29, 1.82) is 0 Å². The van der Waals surface area contributed by atoms with Gasteiger partial charge in [-0.15, -0.1) is 0 Å². The van der Waals surface area contributed by atoms with E-state index >= 15 is 0 Å².